The Kier molecular flexibility index (Phi) is 6.26. The predicted octanol–water partition coefficient (Wildman–Crippen LogP) is 1.71. The average Bonchev–Trinajstić information content (AvgIpc) is 2.88. The molecule has 28 heavy (non-hydrogen) atoms. The van der Waals surface area contributed by atoms with Crippen LogP contribution in [0.15, 0.2) is 24.3 Å². The molecule has 0 aliphatic rings. The second kappa shape index (κ2) is 8.27. The number of benzene rings is 1. The fourth-order valence-corrected chi connectivity index (χ4v) is 4.29. The summed E-state index contributed by atoms with van der Waals surface area (Å²) in [5.41, 5.74) is 0.927. The van der Waals surface area contributed by atoms with Crippen molar-refractivity contribution in [3.8, 4) is 16.2 Å². The molecule has 150 valence electrons. The van der Waals surface area contributed by atoms with Crippen molar-refractivity contribution >= 4 is 45.0 Å². The summed E-state index contributed by atoms with van der Waals surface area (Å²) in [7, 11) is -4.11. The van der Waals surface area contributed by atoms with Crippen molar-refractivity contribution in [1.82, 2.24) is 0 Å². The fourth-order valence-electron chi connectivity index (χ4n) is 2.32. The molecule has 2 rings (SSSR count). The Morgan fingerprint density at radius 2 is 1.82 bits per heavy atom. The maximum Gasteiger partial charge on any atom is 0.349 e. The van der Waals surface area contributed by atoms with Crippen LogP contribution in [0, 0.1) is 6.92 Å². The first-order valence-corrected chi connectivity index (χ1v) is 10.0. The number of hydrogen-bond donors (Lipinski definition) is 4. The second-order valence-electron chi connectivity index (χ2n) is 5.54. The Hall–Kier alpha value is -3.12. The zero-order valence-corrected chi connectivity index (χ0v) is 16.0. The number of ether oxygens (including phenoxy) is 1. The van der Waals surface area contributed by atoms with E-state index in [-0.39, 0.29) is 16.3 Å². The van der Waals surface area contributed by atoms with Crippen LogP contribution in [0.4, 0.5) is 5.69 Å². The number of nitrogens with one attached hydrogen (secondary N) is 1. The van der Waals surface area contributed by atoms with Crippen LogP contribution < -0.4 is 9.46 Å². The van der Waals surface area contributed by atoms with Gasteiger partial charge in [-0.2, -0.15) is 0 Å². The third-order valence-corrected chi connectivity index (χ3v) is 5.82. The van der Waals surface area contributed by atoms with Gasteiger partial charge in [-0.3, -0.25) is 9.52 Å². The highest BCUT2D eigenvalue weighted by atomic mass is 32.2. The number of sulfonamides is 1. The summed E-state index contributed by atoms with van der Waals surface area (Å²) in [6.07, 6.45) is 0. The van der Waals surface area contributed by atoms with E-state index in [1.165, 1.54) is 18.2 Å². The van der Waals surface area contributed by atoms with Gasteiger partial charge in [-0.25, -0.2) is 18.0 Å². The van der Waals surface area contributed by atoms with Crippen LogP contribution in [-0.2, 0) is 19.6 Å². The summed E-state index contributed by atoms with van der Waals surface area (Å²) in [5.74, 6) is -5.25. The maximum absolute atomic E-state index is 11.8. The highest BCUT2D eigenvalue weighted by Gasteiger charge is 2.23. The van der Waals surface area contributed by atoms with E-state index in [2.05, 4.69) is 4.72 Å². The van der Waals surface area contributed by atoms with Gasteiger partial charge < -0.3 is 20.1 Å². The van der Waals surface area contributed by atoms with Crippen molar-refractivity contribution in [3.05, 3.63) is 34.7 Å². The number of carboxylic acids is 3. The van der Waals surface area contributed by atoms with Crippen LogP contribution in [0.3, 0.4) is 0 Å². The first-order chi connectivity index (χ1) is 13.0. The quantitative estimate of drug-likeness (QED) is 0.464. The maximum atomic E-state index is 11.8. The number of aromatic carboxylic acids is 1. The van der Waals surface area contributed by atoms with Crippen molar-refractivity contribution in [3.63, 3.8) is 0 Å². The molecule has 1 aromatic heterocycles. The molecule has 0 amide bonds. The summed E-state index contributed by atoms with van der Waals surface area (Å²) in [6.45, 7) is 0.836. The van der Waals surface area contributed by atoms with Crippen LogP contribution in [0.1, 0.15) is 15.2 Å². The number of hydrogen-bond acceptors (Lipinski definition) is 7. The number of thiophene rings is 1. The standard InChI is InChI=1S/C16H15NO9S2/c1-8-13(26-6-11(18)19)15(16(22)23)27-14(8)9-3-2-4-10(5-9)17-28(24,25)7-12(20)21/h2-5,17H,6-7H2,1H3,(H,18,19)(H,20,21)(H,22,23). The SMILES string of the molecule is Cc1c(-c2cccc(NS(=O)(=O)CC(=O)O)c2)sc(C(=O)O)c1OCC(=O)O. The van der Waals surface area contributed by atoms with Crippen LogP contribution in [0.25, 0.3) is 10.4 Å². The zero-order valence-electron chi connectivity index (χ0n) is 14.3. The summed E-state index contributed by atoms with van der Waals surface area (Å²) < 4.78 is 30.8. The van der Waals surface area contributed by atoms with E-state index in [0.717, 1.165) is 11.3 Å². The van der Waals surface area contributed by atoms with E-state index in [1.54, 1.807) is 13.0 Å². The van der Waals surface area contributed by atoms with Gasteiger partial charge in [0, 0.05) is 16.1 Å². The minimum Gasteiger partial charge on any atom is -0.480 e. The molecule has 0 aliphatic carbocycles. The first-order valence-electron chi connectivity index (χ1n) is 7.54. The molecule has 1 heterocycles. The predicted molar refractivity (Wildman–Crippen MR) is 99.6 cm³/mol. The summed E-state index contributed by atoms with van der Waals surface area (Å²) >= 11 is 0.848. The van der Waals surface area contributed by atoms with Crippen LogP contribution in [0.2, 0.25) is 0 Å². The van der Waals surface area contributed by atoms with Gasteiger partial charge in [0.25, 0.3) is 0 Å². The van der Waals surface area contributed by atoms with E-state index < -0.39 is 40.3 Å². The van der Waals surface area contributed by atoms with Gasteiger partial charge in [0.1, 0.15) is 5.75 Å². The molecule has 0 radical (unpaired) electrons. The monoisotopic (exact) mass is 429 g/mol. The van der Waals surface area contributed by atoms with Gasteiger partial charge >= 0.3 is 17.9 Å². The number of rotatable bonds is 9. The molecule has 0 atom stereocenters. The van der Waals surface area contributed by atoms with Gasteiger partial charge in [0.05, 0.1) is 0 Å². The first kappa shape index (κ1) is 21.2. The zero-order chi connectivity index (χ0) is 21.1. The molecule has 0 saturated carbocycles. The van der Waals surface area contributed by atoms with Gasteiger partial charge in [0.15, 0.2) is 17.2 Å². The molecule has 2 aromatic rings. The summed E-state index contributed by atoms with van der Waals surface area (Å²) in [4.78, 5) is 33.1. The van der Waals surface area contributed by atoms with E-state index in [0.29, 0.717) is 16.0 Å². The molecule has 0 bridgehead atoms. The lowest BCUT2D eigenvalue weighted by molar-refractivity contribution is -0.139. The number of anilines is 1. The number of aliphatic carboxylic acids is 2. The lowest BCUT2D eigenvalue weighted by Gasteiger charge is -2.08. The fraction of sp³-hybridized carbons (Fsp3) is 0.188. The average molecular weight is 429 g/mol. The van der Waals surface area contributed by atoms with Gasteiger partial charge in [-0.1, -0.05) is 12.1 Å². The summed E-state index contributed by atoms with van der Waals surface area (Å²) in [5, 5.41) is 26.7. The van der Waals surface area contributed by atoms with Gasteiger partial charge in [-0.05, 0) is 24.6 Å². The largest absolute Gasteiger partial charge is 0.480 e. The van der Waals surface area contributed by atoms with Crippen molar-refractivity contribution in [2.45, 2.75) is 6.92 Å². The van der Waals surface area contributed by atoms with Crippen LogP contribution in [-0.4, -0.2) is 54.0 Å². The molecule has 1 aromatic carbocycles. The molecule has 0 spiro atoms. The molecular weight excluding hydrogens is 414 g/mol. The molecule has 4 N–H and O–H groups in total. The topological polar surface area (TPSA) is 167 Å². The lowest BCUT2D eigenvalue weighted by Crippen LogP contribution is -2.22. The summed E-state index contributed by atoms with van der Waals surface area (Å²) in [6, 6.07) is 5.92. The Bertz CT molecular complexity index is 1040. The third-order valence-electron chi connectivity index (χ3n) is 3.34. The van der Waals surface area contributed by atoms with E-state index >= 15 is 0 Å². The van der Waals surface area contributed by atoms with E-state index in [9.17, 15) is 27.9 Å². The Morgan fingerprint density at radius 1 is 1.14 bits per heavy atom. The molecule has 0 aliphatic heterocycles. The minimum atomic E-state index is -4.11. The smallest absolute Gasteiger partial charge is 0.349 e. The normalized spacial score (nSPS) is 11.0. The third kappa shape index (κ3) is 5.20. The molecular formula is C16H15NO9S2. The minimum absolute atomic E-state index is 0.0771. The Morgan fingerprint density at radius 3 is 2.39 bits per heavy atom. The highest BCUT2D eigenvalue weighted by Crippen LogP contribution is 2.42. The highest BCUT2D eigenvalue weighted by molar-refractivity contribution is 7.93. The Labute approximate surface area is 163 Å². The van der Waals surface area contributed by atoms with Crippen LogP contribution in [0.5, 0.6) is 5.75 Å². The number of carboxylic acid groups (broad SMARTS) is 3. The van der Waals surface area contributed by atoms with Gasteiger partial charge in [0.2, 0.25) is 10.0 Å². The molecule has 12 heteroatoms. The Balaban J connectivity index is 2.43. The van der Waals surface area contributed by atoms with Crippen molar-refractivity contribution in [1.29, 1.82) is 0 Å². The molecule has 0 fully saturated rings. The number of carbonyl (C=O) groups is 3. The molecule has 0 unspecified atom stereocenters. The second-order valence-corrected chi connectivity index (χ2v) is 8.28. The van der Waals surface area contributed by atoms with E-state index in [4.69, 9.17) is 14.9 Å². The van der Waals surface area contributed by atoms with Crippen LogP contribution >= 0.6 is 11.3 Å². The van der Waals surface area contributed by atoms with E-state index in [1.807, 2.05) is 0 Å². The van der Waals surface area contributed by atoms with Crippen molar-refractivity contribution < 1.29 is 42.9 Å². The van der Waals surface area contributed by atoms with Gasteiger partial charge in [-0.15, -0.1) is 11.3 Å². The molecule has 10 nitrogen and oxygen atoms in total. The van der Waals surface area contributed by atoms with Crippen molar-refractivity contribution in [2.75, 3.05) is 17.1 Å². The molecule has 0 saturated heterocycles. The van der Waals surface area contributed by atoms with Crippen molar-refractivity contribution in [2.24, 2.45) is 0 Å². The lowest BCUT2D eigenvalue weighted by atomic mass is 10.1.